The van der Waals surface area contributed by atoms with E-state index in [1.807, 2.05) is 6.07 Å². The van der Waals surface area contributed by atoms with Crippen molar-refractivity contribution >= 4 is 11.9 Å². The molecule has 1 aromatic carbocycles. The fraction of sp³-hybridized carbons (Fsp3) is 0.529. The van der Waals surface area contributed by atoms with Gasteiger partial charge in [0.1, 0.15) is 0 Å². The Morgan fingerprint density at radius 1 is 1.18 bits per heavy atom. The van der Waals surface area contributed by atoms with E-state index < -0.39 is 18.1 Å². The van der Waals surface area contributed by atoms with E-state index in [1.165, 1.54) is 7.11 Å². The minimum Gasteiger partial charge on any atom is -0.467 e. The number of hydrogen-bond acceptors (Lipinski definition) is 4. The highest BCUT2D eigenvalue weighted by Crippen LogP contribution is 2.28. The van der Waals surface area contributed by atoms with Crippen molar-refractivity contribution in [3.05, 3.63) is 35.9 Å². The Balaban J connectivity index is 2.13. The highest BCUT2D eigenvalue weighted by Gasteiger charge is 2.35. The fourth-order valence-corrected chi connectivity index (χ4v) is 3.04. The van der Waals surface area contributed by atoms with Crippen molar-refractivity contribution in [1.29, 1.82) is 0 Å². The first-order valence-electron chi connectivity index (χ1n) is 7.75. The van der Waals surface area contributed by atoms with Crippen LogP contribution in [0, 0.1) is 5.92 Å². The van der Waals surface area contributed by atoms with Crippen molar-refractivity contribution in [2.45, 2.75) is 44.2 Å². The molecular formula is C17H23NO4. The van der Waals surface area contributed by atoms with Crippen LogP contribution in [-0.4, -0.2) is 36.2 Å². The molecule has 2 atom stereocenters. The zero-order valence-electron chi connectivity index (χ0n) is 12.8. The van der Waals surface area contributed by atoms with Crippen molar-refractivity contribution in [2.24, 2.45) is 5.92 Å². The molecule has 0 unspecified atom stereocenters. The number of carbonyl (C=O) groups is 2. The number of amides is 1. The van der Waals surface area contributed by atoms with Crippen LogP contribution in [0.1, 0.15) is 42.5 Å². The molecule has 2 N–H and O–H groups in total. The third-order valence-corrected chi connectivity index (χ3v) is 4.27. The smallest absolute Gasteiger partial charge is 0.336 e. The van der Waals surface area contributed by atoms with E-state index in [2.05, 4.69) is 10.1 Å². The molecule has 1 aromatic rings. The quantitative estimate of drug-likeness (QED) is 0.815. The zero-order chi connectivity index (χ0) is 15.9. The summed E-state index contributed by atoms with van der Waals surface area (Å²) in [5.41, 5.74) is 0.514. The molecule has 0 spiro atoms. The summed E-state index contributed by atoms with van der Waals surface area (Å²) >= 11 is 0. The Bertz CT molecular complexity index is 497. The van der Waals surface area contributed by atoms with Crippen molar-refractivity contribution in [3.63, 3.8) is 0 Å². The summed E-state index contributed by atoms with van der Waals surface area (Å²) in [5, 5.41) is 13.1. The first-order valence-corrected chi connectivity index (χ1v) is 7.75. The lowest BCUT2D eigenvalue weighted by molar-refractivity contribution is -0.152. The minimum atomic E-state index is -1.33. The topological polar surface area (TPSA) is 75.6 Å². The van der Waals surface area contributed by atoms with Crippen molar-refractivity contribution in [3.8, 4) is 0 Å². The normalized spacial score (nSPS) is 18.3. The number of rotatable bonds is 5. The van der Waals surface area contributed by atoms with Gasteiger partial charge in [0.2, 0.25) is 0 Å². The first-order chi connectivity index (χ1) is 10.6. The minimum absolute atomic E-state index is 0.0931. The van der Waals surface area contributed by atoms with Gasteiger partial charge in [-0.3, -0.25) is 4.79 Å². The van der Waals surface area contributed by atoms with E-state index >= 15 is 0 Å². The summed E-state index contributed by atoms with van der Waals surface area (Å²) in [5.74, 6) is -0.890. The van der Waals surface area contributed by atoms with Crippen LogP contribution in [0.25, 0.3) is 0 Å². The van der Waals surface area contributed by atoms with Crippen LogP contribution in [0.3, 0.4) is 0 Å². The van der Waals surface area contributed by atoms with Gasteiger partial charge in [-0.15, -0.1) is 0 Å². The number of aliphatic hydroxyl groups excluding tert-OH is 1. The number of hydrogen-bond donors (Lipinski definition) is 2. The number of aliphatic hydroxyl groups is 1. The van der Waals surface area contributed by atoms with Gasteiger partial charge in [-0.2, -0.15) is 0 Å². The van der Waals surface area contributed by atoms with Gasteiger partial charge in [-0.05, 0) is 30.9 Å². The van der Waals surface area contributed by atoms with Crippen molar-refractivity contribution < 1.29 is 19.4 Å². The van der Waals surface area contributed by atoms with Crippen molar-refractivity contribution in [2.75, 3.05) is 7.11 Å². The molecule has 0 radical (unpaired) electrons. The monoisotopic (exact) mass is 305 g/mol. The van der Waals surface area contributed by atoms with Gasteiger partial charge in [-0.1, -0.05) is 37.5 Å². The number of nitrogens with one attached hydrogen (secondary N) is 1. The zero-order valence-corrected chi connectivity index (χ0v) is 12.8. The van der Waals surface area contributed by atoms with E-state index in [1.54, 1.807) is 24.3 Å². The number of carbonyl (C=O) groups excluding carboxylic acids is 2. The van der Waals surface area contributed by atoms with Crippen LogP contribution in [0.2, 0.25) is 0 Å². The molecule has 22 heavy (non-hydrogen) atoms. The predicted molar refractivity (Wildman–Crippen MR) is 82.3 cm³/mol. The summed E-state index contributed by atoms with van der Waals surface area (Å²) < 4.78 is 4.63. The van der Waals surface area contributed by atoms with Crippen LogP contribution in [0.5, 0.6) is 0 Å². The second-order valence-electron chi connectivity index (χ2n) is 5.73. The lowest BCUT2D eigenvalue weighted by atomic mass is 9.81. The largest absolute Gasteiger partial charge is 0.467 e. The Morgan fingerprint density at radius 2 is 1.82 bits per heavy atom. The summed E-state index contributed by atoms with van der Waals surface area (Å²) in [6, 6.07) is 8.19. The lowest BCUT2D eigenvalue weighted by Gasteiger charge is -2.33. The molecular weight excluding hydrogens is 282 g/mol. The lowest BCUT2D eigenvalue weighted by Crippen LogP contribution is -2.52. The molecule has 0 aliphatic heterocycles. The SMILES string of the molecule is COC(=O)[C@H](O)[C@@H](NC(=O)c1ccccc1)C1CCCCC1. The molecule has 0 saturated heterocycles. The van der Waals surface area contributed by atoms with Gasteiger partial charge >= 0.3 is 5.97 Å². The molecule has 2 rings (SSSR count). The second kappa shape index (κ2) is 7.94. The summed E-state index contributed by atoms with van der Waals surface area (Å²) in [4.78, 5) is 24.0. The van der Waals surface area contributed by atoms with Gasteiger partial charge < -0.3 is 15.2 Å². The predicted octanol–water partition coefficient (Wildman–Crippen LogP) is 1.90. The molecule has 5 nitrogen and oxygen atoms in total. The number of methoxy groups -OCH3 is 1. The molecule has 120 valence electrons. The second-order valence-corrected chi connectivity index (χ2v) is 5.73. The Kier molecular flexibility index (Phi) is 5.95. The third-order valence-electron chi connectivity index (χ3n) is 4.27. The molecule has 1 fully saturated rings. The van der Waals surface area contributed by atoms with E-state index in [0.717, 1.165) is 32.1 Å². The summed E-state index contributed by atoms with van der Waals surface area (Å²) in [7, 11) is 1.24. The Labute approximate surface area is 130 Å². The maximum atomic E-state index is 12.3. The fourth-order valence-electron chi connectivity index (χ4n) is 3.04. The highest BCUT2D eigenvalue weighted by atomic mass is 16.5. The molecule has 1 saturated carbocycles. The van der Waals surface area contributed by atoms with E-state index in [4.69, 9.17) is 0 Å². The van der Waals surface area contributed by atoms with Crippen LogP contribution in [-0.2, 0) is 9.53 Å². The number of benzene rings is 1. The van der Waals surface area contributed by atoms with E-state index in [9.17, 15) is 14.7 Å². The van der Waals surface area contributed by atoms with Crippen LogP contribution in [0.4, 0.5) is 0 Å². The Hall–Kier alpha value is -1.88. The summed E-state index contributed by atoms with van der Waals surface area (Å²) in [6.07, 6.45) is 3.72. The van der Waals surface area contributed by atoms with Gasteiger partial charge in [0, 0.05) is 5.56 Å². The van der Waals surface area contributed by atoms with Gasteiger partial charge in [0.25, 0.3) is 5.91 Å². The molecule has 1 aliphatic carbocycles. The van der Waals surface area contributed by atoms with Crippen molar-refractivity contribution in [1.82, 2.24) is 5.32 Å². The standard InChI is InChI=1S/C17H23NO4/c1-22-17(21)15(19)14(12-8-4-2-5-9-12)18-16(20)13-10-6-3-7-11-13/h3,6-7,10-12,14-15,19H,2,4-5,8-9H2,1H3,(H,18,20)/t14-,15+/m0/s1. The van der Waals surface area contributed by atoms with E-state index in [-0.39, 0.29) is 11.8 Å². The van der Waals surface area contributed by atoms with Crippen LogP contribution in [0.15, 0.2) is 30.3 Å². The maximum absolute atomic E-state index is 12.3. The average Bonchev–Trinajstić information content (AvgIpc) is 2.59. The van der Waals surface area contributed by atoms with Crippen LogP contribution < -0.4 is 5.32 Å². The van der Waals surface area contributed by atoms with Gasteiger partial charge in [0.15, 0.2) is 6.10 Å². The average molecular weight is 305 g/mol. The molecule has 5 heteroatoms. The van der Waals surface area contributed by atoms with E-state index in [0.29, 0.717) is 5.56 Å². The molecule has 1 aliphatic rings. The molecule has 0 aromatic heterocycles. The van der Waals surface area contributed by atoms with Gasteiger partial charge in [0.05, 0.1) is 13.2 Å². The molecule has 1 amide bonds. The molecule has 0 heterocycles. The highest BCUT2D eigenvalue weighted by molar-refractivity contribution is 5.94. The first kappa shape index (κ1) is 16.5. The number of ether oxygens (including phenoxy) is 1. The number of esters is 1. The molecule has 0 bridgehead atoms. The van der Waals surface area contributed by atoms with Crippen LogP contribution >= 0.6 is 0 Å². The maximum Gasteiger partial charge on any atom is 0.336 e. The third kappa shape index (κ3) is 4.07. The van der Waals surface area contributed by atoms with Gasteiger partial charge in [-0.25, -0.2) is 4.79 Å². The summed E-state index contributed by atoms with van der Waals surface area (Å²) in [6.45, 7) is 0. The Morgan fingerprint density at radius 3 is 2.41 bits per heavy atom.